The Kier molecular flexibility index (Phi) is 6.05. The maximum absolute atomic E-state index is 11.7. The molecule has 0 saturated carbocycles. The van der Waals surface area contributed by atoms with Crippen LogP contribution in [-0.2, 0) is 22.6 Å². The summed E-state index contributed by atoms with van der Waals surface area (Å²) in [6, 6.07) is 11.8. The minimum atomic E-state index is -0.271. The first-order valence-corrected chi connectivity index (χ1v) is 10.1. The molecule has 4 rings (SSSR count). The number of rotatable bonds is 7. The summed E-state index contributed by atoms with van der Waals surface area (Å²) in [7, 11) is 0. The standard InChI is InChI=1S/C22H26N4O3/c1-2-28-22(27)14-18-13-20-17(5-4-12-26(20)25-18)15-29-21-7-3-6-19(24-21)16-8-10-23-11-9-16/h3-7,12-13,16,23H,2,8-11,14-15H2,1H3. The van der Waals surface area contributed by atoms with Gasteiger partial charge in [-0.3, -0.25) is 4.79 Å². The van der Waals surface area contributed by atoms with Crippen molar-refractivity contribution in [2.45, 2.75) is 38.7 Å². The van der Waals surface area contributed by atoms with Crippen molar-refractivity contribution in [2.75, 3.05) is 19.7 Å². The lowest BCUT2D eigenvalue weighted by molar-refractivity contribution is -0.142. The minimum absolute atomic E-state index is 0.162. The lowest BCUT2D eigenvalue weighted by Crippen LogP contribution is -2.27. The van der Waals surface area contributed by atoms with Crippen molar-refractivity contribution < 1.29 is 14.3 Å². The van der Waals surface area contributed by atoms with Crippen LogP contribution in [0.1, 0.15) is 42.6 Å². The number of fused-ring (bicyclic) bond motifs is 1. The molecule has 0 spiro atoms. The van der Waals surface area contributed by atoms with Crippen LogP contribution < -0.4 is 10.1 Å². The third kappa shape index (κ3) is 4.74. The summed E-state index contributed by atoms with van der Waals surface area (Å²) in [4.78, 5) is 16.5. The van der Waals surface area contributed by atoms with Crippen molar-refractivity contribution in [1.29, 1.82) is 0 Å². The van der Waals surface area contributed by atoms with Gasteiger partial charge in [0, 0.05) is 29.4 Å². The highest BCUT2D eigenvalue weighted by Crippen LogP contribution is 2.25. The van der Waals surface area contributed by atoms with Crippen molar-refractivity contribution in [1.82, 2.24) is 19.9 Å². The molecular weight excluding hydrogens is 368 g/mol. The van der Waals surface area contributed by atoms with E-state index in [2.05, 4.69) is 16.5 Å². The Labute approximate surface area is 170 Å². The zero-order chi connectivity index (χ0) is 20.1. The van der Waals surface area contributed by atoms with Gasteiger partial charge in [0.05, 0.1) is 24.2 Å². The number of pyridine rings is 2. The monoisotopic (exact) mass is 394 g/mol. The van der Waals surface area contributed by atoms with E-state index in [-0.39, 0.29) is 12.4 Å². The number of nitrogens with one attached hydrogen (secondary N) is 1. The van der Waals surface area contributed by atoms with Crippen molar-refractivity contribution in [3.05, 3.63) is 59.5 Å². The lowest BCUT2D eigenvalue weighted by Gasteiger charge is -2.22. The number of hydrogen-bond acceptors (Lipinski definition) is 6. The second-order valence-electron chi connectivity index (χ2n) is 7.19. The van der Waals surface area contributed by atoms with Gasteiger partial charge in [-0.1, -0.05) is 12.1 Å². The summed E-state index contributed by atoms with van der Waals surface area (Å²) in [6.45, 7) is 4.63. The molecule has 0 unspecified atom stereocenters. The van der Waals surface area contributed by atoms with Gasteiger partial charge >= 0.3 is 5.97 Å². The molecule has 1 aliphatic rings. The summed E-state index contributed by atoms with van der Waals surface area (Å²) in [6.07, 6.45) is 4.24. The summed E-state index contributed by atoms with van der Waals surface area (Å²) in [5.74, 6) is 0.852. The number of piperidine rings is 1. The normalized spacial score (nSPS) is 14.8. The molecule has 0 aromatic carbocycles. The molecule has 1 saturated heterocycles. The smallest absolute Gasteiger partial charge is 0.311 e. The van der Waals surface area contributed by atoms with Crippen LogP contribution in [0.4, 0.5) is 0 Å². The number of aromatic nitrogens is 3. The van der Waals surface area contributed by atoms with Gasteiger partial charge in [-0.25, -0.2) is 9.50 Å². The Morgan fingerprint density at radius 2 is 2.10 bits per heavy atom. The van der Waals surface area contributed by atoms with Crippen LogP contribution in [0.2, 0.25) is 0 Å². The fourth-order valence-electron chi connectivity index (χ4n) is 3.70. The van der Waals surface area contributed by atoms with E-state index in [9.17, 15) is 4.79 Å². The van der Waals surface area contributed by atoms with Gasteiger partial charge in [-0.05, 0) is 51.1 Å². The van der Waals surface area contributed by atoms with Crippen LogP contribution in [0.15, 0.2) is 42.6 Å². The van der Waals surface area contributed by atoms with Crippen molar-refractivity contribution >= 4 is 11.5 Å². The van der Waals surface area contributed by atoms with Crippen LogP contribution in [-0.4, -0.2) is 40.3 Å². The molecule has 0 amide bonds. The Morgan fingerprint density at radius 3 is 2.93 bits per heavy atom. The molecule has 3 aromatic heterocycles. The third-order valence-electron chi connectivity index (χ3n) is 5.15. The van der Waals surface area contributed by atoms with Crippen LogP contribution in [0, 0.1) is 0 Å². The van der Waals surface area contributed by atoms with E-state index in [0.29, 0.717) is 30.7 Å². The highest BCUT2D eigenvalue weighted by Gasteiger charge is 2.17. The maximum atomic E-state index is 11.7. The number of carbonyl (C=O) groups excluding carboxylic acids is 1. The number of nitrogens with zero attached hydrogens (tertiary/aromatic N) is 3. The molecule has 152 valence electrons. The summed E-state index contributed by atoms with van der Waals surface area (Å²) < 4.78 is 12.8. The molecule has 0 aliphatic carbocycles. The molecule has 29 heavy (non-hydrogen) atoms. The summed E-state index contributed by atoms with van der Waals surface area (Å²) in [5.41, 5.74) is 3.69. The van der Waals surface area contributed by atoms with Crippen LogP contribution >= 0.6 is 0 Å². The summed E-state index contributed by atoms with van der Waals surface area (Å²) in [5, 5.41) is 7.85. The van der Waals surface area contributed by atoms with Crippen LogP contribution in [0.25, 0.3) is 5.52 Å². The molecule has 0 bridgehead atoms. The Bertz CT molecular complexity index is 979. The quantitative estimate of drug-likeness (QED) is 0.621. The van der Waals surface area contributed by atoms with E-state index in [0.717, 1.165) is 42.7 Å². The van der Waals surface area contributed by atoms with Gasteiger partial charge in [0.1, 0.15) is 6.61 Å². The SMILES string of the molecule is CCOC(=O)Cc1cc2c(COc3cccc(C4CCNCC4)n3)cccn2n1. The topological polar surface area (TPSA) is 77.8 Å². The van der Waals surface area contributed by atoms with Gasteiger partial charge in [0.2, 0.25) is 5.88 Å². The molecule has 1 N–H and O–H groups in total. The van der Waals surface area contributed by atoms with Crippen LogP contribution in [0.5, 0.6) is 5.88 Å². The van der Waals surface area contributed by atoms with Gasteiger partial charge in [0.25, 0.3) is 0 Å². The third-order valence-corrected chi connectivity index (χ3v) is 5.15. The molecule has 0 radical (unpaired) electrons. The maximum Gasteiger partial charge on any atom is 0.311 e. The van der Waals surface area contributed by atoms with Crippen molar-refractivity contribution in [3.63, 3.8) is 0 Å². The highest BCUT2D eigenvalue weighted by molar-refractivity contribution is 5.72. The van der Waals surface area contributed by atoms with Gasteiger partial charge in [-0.15, -0.1) is 0 Å². The zero-order valence-electron chi connectivity index (χ0n) is 16.6. The zero-order valence-corrected chi connectivity index (χ0v) is 16.6. The average molecular weight is 394 g/mol. The number of esters is 1. The van der Waals surface area contributed by atoms with E-state index in [1.54, 1.807) is 11.4 Å². The highest BCUT2D eigenvalue weighted by atomic mass is 16.5. The van der Waals surface area contributed by atoms with Crippen LogP contribution in [0.3, 0.4) is 0 Å². The van der Waals surface area contributed by atoms with Crippen molar-refractivity contribution in [2.24, 2.45) is 0 Å². The van der Waals surface area contributed by atoms with Crippen molar-refractivity contribution in [3.8, 4) is 5.88 Å². The Balaban J connectivity index is 1.47. The first kappa shape index (κ1) is 19.4. The molecule has 4 heterocycles. The number of hydrogen-bond donors (Lipinski definition) is 1. The molecule has 7 nitrogen and oxygen atoms in total. The minimum Gasteiger partial charge on any atom is -0.473 e. The Hall–Kier alpha value is -2.93. The predicted octanol–water partition coefficient (Wildman–Crippen LogP) is 2.88. The molecule has 7 heteroatoms. The largest absolute Gasteiger partial charge is 0.473 e. The summed E-state index contributed by atoms with van der Waals surface area (Å²) >= 11 is 0. The Morgan fingerprint density at radius 1 is 1.24 bits per heavy atom. The fourth-order valence-corrected chi connectivity index (χ4v) is 3.70. The second-order valence-corrected chi connectivity index (χ2v) is 7.19. The molecule has 1 aliphatic heterocycles. The van der Waals surface area contributed by atoms with E-state index in [4.69, 9.17) is 14.5 Å². The van der Waals surface area contributed by atoms with Gasteiger partial charge in [0.15, 0.2) is 0 Å². The first-order valence-electron chi connectivity index (χ1n) is 10.1. The number of carbonyl (C=O) groups is 1. The lowest BCUT2D eigenvalue weighted by atomic mass is 9.94. The molecule has 0 atom stereocenters. The second kappa shape index (κ2) is 9.05. The van der Waals surface area contributed by atoms with Gasteiger partial charge in [-0.2, -0.15) is 5.10 Å². The molecule has 1 fully saturated rings. The van der Waals surface area contributed by atoms with E-state index >= 15 is 0 Å². The molecule has 3 aromatic rings. The van der Waals surface area contributed by atoms with Gasteiger partial charge < -0.3 is 14.8 Å². The average Bonchev–Trinajstić information content (AvgIpc) is 3.16. The predicted molar refractivity (Wildman–Crippen MR) is 109 cm³/mol. The molecular formula is C22H26N4O3. The first-order chi connectivity index (χ1) is 14.2. The van der Waals surface area contributed by atoms with E-state index < -0.39 is 0 Å². The fraction of sp³-hybridized carbons (Fsp3) is 0.409. The van der Waals surface area contributed by atoms with E-state index in [1.165, 1.54) is 0 Å². The number of ether oxygens (including phenoxy) is 2. The van der Waals surface area contributed by atoms with E-state index in [1.807, 2.05) is 36.5 Å².